The largest absolute Gasteiger partial charge is 0.345 e. The number of hydrogen-bond donors (Lipinski definition) is 1. The first-order chi connectivity index (χ1) is 8.56. The first kappa shape index (κ1) is 14.8. The smallest absolute Gasteiger partial charge is 0.253 e. The van der Waals surface area contributed by atoms with Crippen LogP contribution in [-0.4, -0.2) is 17.3 Å². The molecule has 0 saturated heterocycles. The summed E-state index contributed by atoms with van der Waals surface area (Å²) < 4.78 is 1.80. The van der Waals surface area contributed by atoms with Gasteiger partial charge in [0.25, 0.3) is 5.91 Å². The van der Waals surface area contributed by atoms with Crippen molar-refractivity contribution >= 4 is 60.7 Å². The van der Waals surface area contributed by atoms with Crippen LogP contribution in [0.5, 0.6) is 0 Å². The summed E-state index contributed by atoms with van der Waals surface area (Å²) in [6.07, 6.45) is 5.47. The topological polar surface area (TPSA) is 29.1 Å². The first-order valence-corrected chi connectivity index (χ1v) is 8.83. The summed E-state index contributed by atoms with van der Waals surface area (Å²) in [6.45, 7) is 0. The molecular formula is C12H14Br2ClNOS. The summed E-state index contributed by atoms with van der Waals surface area (Å²) in [5.74, 6) is 0.452. The van der Waals surface area contributed by atoms with Crippen LogP contribution in [-0.2, 0) is 0 Å². The molecule has 0 atom stereocenters. The first-order valence-electron chi connectivity index (χ1n) is 5.90. The van der Waals surface area contributed by atoms with Crippen LogP contribution in [0.1, 0.15) is 42.5 Å². The van der Waals surface area contributed by atoms with E-state index in [2.05, 4.69) is 37.2 Å². The van der Waals surface area contributed by atoms with Gasteiger partial charge in [0, 0.05) is 5.88 Å². The lowest BCUT2D eigenvalue weighted by molar-refractivity contribution is 0.0884. The van der Waals surface area contributed by atoms with Gasteiger partial charge < -0.3 is 5.32 Å². The molecule has 2 nitrogen and oxygen atoms in total. The second-order valence-electron chi connectivity index (χ2n) is 4.67. The lowest BCUT2D eigenvalue weighted by Gasteiger charge is -2.36. The third kappa shape index (κ3) is 3.30. The zero-order valence-electron chi connectivity index (χ0n) is 9.77. The molecule has 0 bridgehead atoms. The van der Waals surface area contributed by atoms with Gasteiger partial charge in [-0.2, -0.15) is 0 Å². The number of alkyl halides is 1. The molecule has 0 aromatic carbocycles. The minimum Gasteiger partial charge on any atom is -0.345 e. The van der Waals surface area contributed by atoms with E-state index in [0.717, 1.165) is 33.3 Å². The van der Waals surface area contributed by atoms with E-state index < -0.39 is 0 Å². The van der Waals surface area contributed by atoms with Gasteiger partial charge in [0.15, 0.2) is 0 Å². The van der Waals surface area contributed by atoms with Gasteiger partial charge in [-0.1, -0.05) is 19.3 Å². The second kappa shape index (κ2) is 6.25. The third-order valence-corrected chi connectivity index (χ3v) is 6.20. The molecule has 0 spiro atoms. The number of thiophene rings is 1. The Hall–Kier alpha value is 0.420. The maximum Gasteiger partial charge on any atom is 0.253 e. The fraction of sp³-hybridized carbons (Fsp3) is 0.583. The summed E-state index contributed by atoms with van der Waals surface area (Å²) in [7, 11) is 0. The van der Waals surface area contributed by atoms with Gasteiger partial charge in [0.05, 0.1) is 18.7 Å². The quantitative estimate of drug-likeness (QED) is 0.696. The number of carbonyl (C=O) groups is 1. The van der Waals surface area contributed by atoms with Gasteiger partial charge in [0.2, 0.25) is 0 Å². The van der Waals surface area contributed by atoms with Crippen LogP contribution >= 0.6 is 54.8 Å². The van der Waals surface area contributed by atoms with Crippen molar-refractivity contribution in [3.63, 3.8) is 0 Å². The molecule has 1 heterocycles. The number of nitrogens with one attached hydrogen (secondary N) is 1. The average molecular weight is 416 g/mol. The molecule has 1 aromatic heterocycles. The summed E-state index contributed by atoms with van der Waals surface area (Å²) in [5, 5.41) is 3.14. The molecular weight excluding hydrogens is 401 g/mol. The normalized spacial score (nSPS) is 18.6. The molecule has 0 aliphatic heterocycles. The van der Waals surface area contributed by atoms with E-state index in [1.165, 1.54) is 17.8 Å². The van der Waals surface area contributed by atoms with E-state index in [4.69, 9.17) is 11.6 Å². The Morgan fingerprint density at radius 3 is 2.56 bits per heavy atom. The van der Waals surface area contributed by atoms with Crippen molar-refractivity contribution in [2.75, 3.05) is 5.88 Å². The van der Waals surface area contributed by atoms with Crippen molar-refractivity contribution in [1.82, 2.24) is 5.32 Å². The number of amides is 1. The molecule has 0 unspecified atom stereocenters. The van der Waals surface area contributed by atoms with Crippen molar-refractivity contribution in [2.45, 2.75) is 37.6 Å². The van der Waals surface area contributed by atoms with E-state index in [9.17, 15) is 4.79 Å². The van der Waals surface area contributed by atoms with E-state index in [1.807, 2.05) is 6.07 Å². The lowest BCUT2D eigenvalue weighted by atomic mass is 9.83. The van der Waals surface area contributed by atoms with Gasteiger partial charge in [0.1, 0.15) is 0 Å². The molecule has 1 saturated carbocycles. The zero-order chi connectivity index (χ0) is 13.2. The number of rotatable bonds is 3. The number of carbonyl (C=O) groups excluding carboxylic acids is 1. The summed E-state index contributed by atoms with van der Waals surface area (Å²) in [5.41, 5.74) is 0.465. The van der Waals surface area contributed by atoms with Gasteiger partial charge in [-0.05, 0) is 50.8 Å². The van der Waals surface area contributed by atoms with Gasteiger partial charge in [-0.25, -0.2) is 0 Å². The predicted molar refractivity (Wildman–Crippen MR) is 83.7 cm³/mol. The zero-order valence-corrected chi connectivity index (χ0v) is 14.5. The Kier molecular flexibility index (Phi) is 5.14. The predicted octanol–water partition coefficient (Wildman–Crippen LogP) is 4.94. The van der Waals surface area contributed by atoms with Crippen molar-refractivity contribution in [3.8, 4) is 0 Å². The highest BCUT2D eigenvalue weighted by molar-refractivity contribution is 9.12. The van der Waals surface area contributed by atoms with Crippen molar-refractivity contribution < 1.29 is 4.79 Å². The molecule has 1 aliphatic carbocycles. The van der Waals surface area contributed by atoms with Crippen LogP contribution in [0.4, 0.5) is 0 Å². The summed E-state index contributed by atoms with van der Waals surface area (Å²) in [6, 6.07) is 1.84. The second-order valence-corrected chi connectivity index (χ2v) is 8.68. The Labute approximate surface area is 133 Å². The molecule has 2 rings (SSSR count). The van der Waals surface area contributed by atoms with Crippen molar-refractivity contribution in [2.24, 2.45) is 0 Å². The van der Waals surface area contributed by atoms with Crippen LogP contribution in [0.3, 0.4) is 0 Å². The Balaban J connectivity index is 2.12. The van der Waals surface area contributed by atoms with E-state index in [1.54, 1.807) is 0 Å². The highest BCUT2D eigenvalue weighted by atomic mass is 79.9. The van der Waals surface area contributed by atoms with E-state index >= 15 is 0 Å². The molecule has 1 fully saturated rings. The highest BCUT2D eigenvalue weighted by Gasteiger charge is 2.33. The van der Waals surface area contributed by atoms with E-state index in [0.29, 0.717) is 11.4 Å². The SMILES string of the molecule is O=C(NC1(CCl)CCCCC1)c1cc(Br)sc1Br. The molecule has 1 N–H and O–H groups in total. The van der Waals surface area contributed by atoms with Gasteiger partial charge in [-0.15, -0.1) is 22.9 Å². The minimum atomic E-state index is -0.218. The molecule has 1 aliphatic rings. The van der Waals surface area contributed by atoms with E-state index in [-0.39, 0.29) is 11.4 Å². The lowest BCUT2D eigenvalue weighted by Crippen LogP contribution is -2.51. The van der Waals surface area contributed by atoms with Crippen LogP contribution in [0.2, 0.25) is 0 Å². The minimum absolute atomic E-state index is 0.0358. The number of halogens is 3. The fourth-order valence-corrected chi connectivity index (χ4v) is 5.45. The summed E-state index contributed by atoms with van der Waals surface area (Å²) >= 11 is 14.4. The van der Waals surface area contributed by atoms with Crippen LogP contribution in [0.15, 0.2) is 13.6 Å². The van der Waals surface area contributed by atoms with Crippen molar-refractivity contribution in [1.29, 1.82) is 0 Å². The molecule has 100 valence electrons. The van der Waals surface area contributed by atoms with Crippen LogP contribution in [0.25, 0.3) is 0 Å². The highest BCUT2D eigenvalue weighted by Crippen LogP contribution is 2.34. The number of hydrogen-bond acceptors (Lipinski definition) is 2. The van der Waals surface area contributed by atoms with Crippen LogP contribution in [0, 0.1) is 0 Å². The third-order valence-electron chi connectivity index (χ3n) is 3.35. The Bertz CT molecular complexity index is 443. The summed E-state index contributed by atoms with van der Waals surface area (Å²) in [4.78, 5) is 12.3. The molecule has 1 aromatic rings. The average Bonchev–Trinajstić information content (AvgIpc) is 2.70. The standard InChI is InChI=1S/C12H14Br2ClNOS/c13-9-6-8(10(14)18-9)11(17)16-12(7-15)4-2-1-3-5-12/h6H,1-5,7H2,(H,16,17). The monoisotopic (exact) mass is 413 g/mol. The molecule has 0 radical (unpaired) electrons. The van der Waals surface area contributed by atoms with Crippen LogP contribution < -0.4 is 5.32 Å². The molecule has 1 amide bonds. The van der Waals surface area contributed by atoms with Gasteiger partial charge in [-0.3, -0.25) is 4.79 Å². The molecule has 18 heavy (non-hydrogen) atoms. The Morgan fingerprint density at radius 1 is 1.39 bits per heavy atom. The maximum absolute atomic E-state index is 12.3. The fourth-order valence-electron chi connectivity index (χ4n) is 2.32. The Morgan fingerprint density at radius 2 is 2.06 bits per heavy atom. The maximum atomic E-state index is 12.3. The van der Waals surface area contributed by atoms with Gasteiger partial charge >= 0.3 is 0 Å². The van der Waals surface area contributed by atoms with Crippen molar-refractivity contribution in [3.05, 3.63) is 19.2 Å². The molecule has 6 heteroatoms.